The number of benzene rings is 2. The lowest BCUT2D eigenvalue weighted by atomic mass is 10.2. The molecule has 10 heteroatoms. The van der Waals surface area contributed by atoms with Crippen molar-refractivity contribution in [2.75, 3.05) is 18.5 Å². The average Bonchev–Trinajstić information content (AvgIpc) is 3.58. The summed E-state index contributed by atoms with van der Waals surface area (Å²) in [6, 6.07) is 12.8. The van der Waals surface area contributed by atoms with E-state index in [1.165, 1.54) is 0 Å². The molecule has 0 radical (unpaired) electrons. The first-order valence-electron chi connectivity index (χ1n) is 11.7. The molecule has 5 rings (SSSR count). The van der Waals surface area contributed by atoms with E-state index in [0.717, 1.165) is 48.2 Å². The van der Waals surface area contributed by atoms with Crippen molar-refractivity contribution in [1.82, 2.24) is 23.5 Å². The van der Waals surface area contributed by atoms with Gasteiger partial charge in [-0.2, -0.15) is 4.31 Å². The van der Waals surface area contributed by atoms with Crippen LogP contribution in [0.2, 0.25) is 0 Å². The summed E-state index contributed by atoms with van der Waals surface area (Å²) in [7, 11) is -3.51. The van der Waals surface area contributed by atoms with Gasteiger partial charge in [0.15, 0.2) is 0 Å². The van der Waals surface area contributed by atoms with Gasteiger partial charge in [0.1, 0.15) is 12.2 Å². The Hall–Kier alpha value is -3.24. The van der Waals surface area contributed by atoms with E-state index in [1.807, 2.05) is 30.3 Å². The molecular weight excluding hydrogens is 452 g/mol. The molecule has 34 heavy (non-hydrogen) atoms. The van der Waals surface area contributed by atoms with Gasteiger partial charge in [0.05, 0.1) is 27.0 Å². The summed E-state index contributed by atoms with van der Waals surface area (Å²) in [5.74, 6) is 0.633. The number of hydrogen-bond acceptors (Lipinski definition) is 5. The third-order valence-electron chi connectivity index (χ3n) is 6.22. The molecule has 0 unspecified atom stereocenters. The minimum Gasteiger partial charge on any atom is -0.328 e. The van der Waals surface area contributed by atoms with Crippen molar-refractivity contribution in [2.45, 2.75) is 50.5 Å². The van der Waals surface area contributed by atoms with Crippen LogP contribution in [0.15, 0.2) is 53.7 Å². The molecule has 2 aromatic heterocycles. The number of para-hydroxylation sites is 2. The van der Waals surface area contributed by atoms with E-state index in [4.69, 9.17) is 4.98 Å². The van der Waals surface area contributed by atoms with E-state index in [0.29, 0.717) is 25.0 Å². The minimum absolute atomic E-state index is 0.143. The zero-order chi connectivity index (χ0) is 23.7. The van der Waals surface area contributed by atoms with Crippen LogP contribution in [0.5, 0.6) is 0 Å². The van der Waals surface area contributed by atoms with Crippen LogP contribution in [0.3, 0.4) is 0 Å². The zero-order valence-electron chi connectivity index (χ0n) is 19.1. The van der Waals surface area contributed by atoms with Crippen LogP contribution < -0.4 is 5.43 Å². The normalized spacial score (nSPS) is 14.9. The molecule has 1 aliphatic heterocycles. The van der Waals surface area contributed by atoms with Gasteiger partial charge in [-0.3, -0.25) is 10.2 Å². The smallest absolute Gasteiger partial charge is 0.243 e. The van der Waals surface area contributed by atoms with Crippen molar-refractivity contribution in [2.24, 2.45) is 0 Å². The highest BCUT2D eigenvalue weighted by Crippen LogP contribution is 2.26. The predicted molar refractivity (Wildman–Crippen MR) is 130 cm³/mol. The number of nitrogens with zero attached hydrogens (tertiary/aromatic N) is 5. The lowest BCUT2D eigenvalue weighted by molar-refractivity contribution is -0.117. The van der Waals surface area contributed by atoms with Gasteiger partial charge in [-0.1, -0.05) is 19.1 Å². The zero-order valence-corrected chi connectivity index (χ0v) is 20.0. The van der Waals surface area contributed by atoms with Crippen molar-refractivity contribution < 1.29 is 13.2 Å². The van der Waals surface area contributed by atoms with Gasteiger partial charge in [0.25, 0.3) is 0 Å². The SMILES string of the molecule is CCCn1c(CCC(=O)Nn2cnc3ccccc32)nc2cc(S(=O)(=O)N3CCCC3)ccc21. The summed E-state index contributed by atoms with van der Waals surface area (Å²) >= 11 is 0. The largest absolute Gasteiger partial charge is 0.328 e. The molecule has 0 saturated carbocycles. The van der Waals surface area contributed by atoms with E-state index < -0.39 is 10.0 Å². The number of aromatic nitrogens is 4. The Bertz CT molecular complexity index is 1450. The van der Waals surface area contributed by atoms with Gasteiger partial charge >= 0.3 is 0 Å². The highest BCUT2D eigenvalue weighted by Gasteiger charge is 2.28. The van der Waals surface area contributed by atoms with Crippen LogP contribution in [-0.2, 0) is 27.8 Å². The van der Waals surface area contributed by atoms with Crippen LogP contribution in [0.1, 0.15) is 38.4 Å². The van der Waals surface area contributed by atoms with E-state index >= 15 is 0 Å². The fourth-order valence-corrected chi connectivity index (χ4v) is 6.06. The Kier molecular flexibility index (Phi) is 6.09. The number of sulfonamides is 1. The third-order valence-corrected chi connectivity index (χ3v) is 8.12. The van der Waals surface area contributed by atoms with Crippen LogP contribution in [0.4, 0.5) is 0 Å². The lowest BCUT2D eigenvalue weighted by Crippen LogP contribution is -2.27. The summed E-state index contributed by atoms with van der Waals surface area (Å²) in [6.45, 7) is 3.96. The molecular formula is C24H28N6O3S. The fraction of sp³-hybridized carbons (Fsp3) is 0.375. The molecule has 0 atom stereocenters. The summed E-state index contributed by atoms with van der Waals surface area (Å²) < 4.78 is 31.2. The summed E-state index contributed by atoms with van der Waals surface area (Å²) in [5.41, 5.74) is 6.05. The quantitative estimate of drug-likeness (QED) is 0.417. The first-order chi connectivity index (χ1) is 16.5. The summed E-state index contributed by atoms with van der Waals surface area (Å²) in [6.07, 6.45) is 4.98. The topological polar surface area (TPSA) is 102 Å². The molecule has 178 valence electrons. The maximum atomic E-state index is 13.0. The number of fused-ring (bicyclic) bond motifs is 2. The Morgan fingerprint density at radius 3 is 2.65 bits per heavy atom. The number of imidazole rings is 2. The van der Waals surface area contributed by atoms with Gasteiger partial charge in [0, 0.05) is 32.5 Å². The van der Waals surface area contributed by atoms with Crippen molar-refractivity contribution in [3.8, 4) is 0 Å². The molecule has 9 nitrogen and oxygen atoms in total. The van der Waals surface area contributed by atoms with Crippen LogP contribution in [0, 0.1) is 0 Å². The number of amides is 1. The van der Waals surface area contributed by atoms with Crippen LogP contribution >= 0.6 is 0 Å². The number of rotatable bonds is 8. The summed E-state index contributed by atoms with van der Waals surface area (Å²) in [4.78, 5) is 22.0. The second kappa shape index (κ2) is 9.19. The van der Waals surface area contributed by atoms with Crippen molar-refractivity contribution in [3.63, 3.8) is 0 Å². The standard InChI is InChI=1S/C24H28N6O3S/c1-2-13-29-21-10-9-18(34(32,33)28-14-5-6-15-28)16-20(21)26-23(29)11-12-24(31)27-30-17-25-19-7-3-4-8-22(19)30/h3-4,7-10,16-17H,2,5-6,11-15H2,1H3,(H,27,31). The van der Waals surface area contributed by atoms with Gasteiger partial charge in [0.2, 0.25) is 15.9 Å². The Morgan fingerprint density at radius 1 is 1.06 bits per heavy atom. The highest BCUT2D eigenvalue weighted by atomic mass is 32.2. The number of hydrogen-bond donors (Lipinski definition) is 1. The molecule has 1 fully saturated rings. The minimum atomic E-state index is -3.51. The molecule has 1 N–H and O–H groups in total. The number of carbonyl (C=O) groups is 1. The maximum absolute atomic E-state index is 13.0. The first-order valence-corrected chi connectivity index (χ1v) is 13.1. The van der Waals surface area contributed by atoms with E-state index in [1.54, 1.807) is 27.4 Å². The van der Waals surface area contributed by atoms with Crippen LogP contribution in [0.25, 0.3) is 22.1 Å². The van der Waals surface area contributed by atoms with Gasteiger partial charge in [-0.05, 0) is 49.6 Å². The predicted octanol–water partition coefficient (Wildman–Crippen LogP) is 3.28. The van der Waals surface area contributed by atoms with E-state index in [2.05, 4.69) is 21.9 Å². The summed E-state index contributed by atoms with van der Waals surface area (Å²) in [5, 5.41) is 0. The number of carbonyl (C=O) groups excluding carboxylic acids is 1. The monoisotopic (exact) mass is 480 g/mol. The molecule has 0 bridgehead atoms. The van der Waals surface area contributed by atoms with Gasteiger partial charge < -0.3 is 4.57 Å². The highest BCUT2D eigenvalue weighted by molar-refractivity contribution is 7.89. The second-order valence-electron chi connectivity index (χ2n) is 8.58. The molecule has 0 spiro atoms. The van der Waals surface area contributed by atoms with Crippen molar-refractivity contribution in [3.05, 3.63) is 54.6 Å². The first kappa shape index (κ1) is 22.5. The van der Waals surface area contributed by atoms with Crippen molar-refractivity contribution >= 4 is 38.0 Å². The molecule has 1 aliphatic rings. The molecule has 1 saturated heterocycles. The fourth-order valence-electron chi connectivity index (χ4n) is 4.53. The molecule has 3 heterocycles. The maximum Gasteiger partial charge on any atom is 0.243 e. The van der Waals surface area contributed by atoms with Crippen LogP contribution in [-0.4, -0.2) is 50.9 Å². The van der Waals surface area contributed by atoms with Gasteiger partial charge in [-0.15, -0.1) is 0 Å². The number of nitrogens with one attached hydrogen (secondary N) is 1. The second-order valence-corrected chi connectivity index (χ2v) is 10.5. The molecule has 2 aromatic carbocycles. The lowest BCUT2D eigenvalue weighted by Gasteiger charge is -2.15. The Morgan fingerprint density at radius 2 is 1.85 bits per heavy atom. The van der Waals surface area contributed by atoms with E-state index in [-0.39, 0.29) is 17.2 Å². The average molecular weight is 481 g/mol. The molecule has 4 aromatic rings. The van der Waals surface area contributed by atoms with Crippen molar-refractivity contribution in [1.29, 1.82) is 0 Å². The Labute approximate surface area is 198 Å². The molecule has 1 amide bonds. The number of aryl methyl sites for hydroxylation is 2. The molecule has 0 aliphatic carbocycles. The van der Waals surface area contributed by atoms with Gasteiger partial charge in [-0.25, -0.2) is 23.1 Å². The Balaban J connectivity index is 1.36. The third kappa shape index (κ3) is 4.19. The van der Waals surface area contributed by atoms with E-state index in [9.17, 15) is 13.2 Å².